The van der Waals surface area contributed by atoms with E-state index < -0.39 is 30.8 Å². The van der Waals surface area contributed by atoms with E-state index in [0.29, 0.717) is 6.42 Å². The van der Waals surface area contributed by atoms with Gasteiger partial charge in [0.05, 0.1) is 12.6 Å². The van der Waals surface area contributed by atoms with Crippen LogP contribution in [0.4, 0.5) is 0 Å². The van der Waals surface area contributed by atoms with Gasteiger partial charge in [0.15, 0.2) is 0 Å². The summed E-state index contributed by atoms with van der Waals surface area (Å²) < 4.78 is 5.23. The zero-order valence-corrected chi connectivity index (χ0v) is 18.3. The van der Waals surface area contributed by atoms with Crippen LogP contribution >= 0.6 is 0 Å². The fourth-order valence-electron chi connectivity index (χ4n) is 3.46. The highest BCUT2D eigenvalue weighted by molar-refractivity contribution is 5.73. The first-order valence-electron chi connectivity index (χ1n) is 11.2. The van der Waals surface area contributed by atoms with Crippen LogP contribution in [0.25, 0.3) is 0 Å². The number of esters is 1. The van der Waals surface area contributed by atoms with E-state index in [9.17, 15) is 19.8 Å². The van der Waals surface area contributed by atoms with Crippen molar-refractivity contribution in [2.24, 2.45) is 0 Å². The highest BCUT2D eigenvalue weighted by Gasteiger charge is 2.30. The van der Waals surface area contributed by atoms with Crippen LogP contribution in [0.2, 0.25) is 0 Å². The Balaban J connectivity index is 3.97. The number of carbonyl (C=O) groups excluding carboxylic acids is 2. The maximum absolute atomic E-state index is 11.3. The molecular weight excluding hydrogens is 358 g/mol. The van der Waals surface area contributed by atoms with Crippen LogP contribution in [0.5, 0.6) is 0 Å². The molecule has 0 saturated heterocycles. The summed E-state index contributed by atoms with van der Waals surface area (Å²) in [7, 11) is 0. The number of carbonyl (C=O) groups is 2. The first-order chi connectivity index (χ1) is 13.4. The van der Waals surface area contributed by atoms with E-state index in [1.54, 1.807) is 0 Å². The molecule has 0 aromatic carbocycles. The van der Waals surface area contributed by atoms with E-state index in [1.165, 1.54) is 71.6 Å². The third-order valence-electron chi connectivity index (χ3n) is 5.04. The maximum Gasteiger partial charge on any atom is 0.302 e. The summed E-state index contributed by atoms with van der Waals surface area (Å²) in [6, 6.07) is -0.834. The fraction of sp³-hybridized carbons (Fsp3) is 0.909. The molecule has 0 rings (SSSR count). The molecule has 0 heterocycles. The average Bonchev–Trinajstić information content (AvgIpc) is 2.65. The highest BCUT2D eigenvalue weighted by atomic mass is 16.6. The van der Waals surface area contributed by atoms with Gasteiger partial charge in [-0.2, -0.15) is 0 Å². The minimum Gasteiger partial charge on any atom is -0.460 e. The molecule has 0 bridgehead atoms. The molecule has 3 atom stereocenters. The Bertz CT molecular complexity index is 402. The van der Waals surface area contributed by atoms with Crippen molar-refractivity contribution in [2.75, 3.05) is 6.61 Å². The van der Waals surface area contributed by atoms with Crippen molar-refractivity contribution < 1.29 is 24.5 Å². The van der Waals surface area contributed by atoms with Crippen LogP contribution in [0.15, 0.2) is 0 Å². The van der Waals surface area contributed by atoms with Gasteiger partial charge < -0.3 is 20.3 Å². The summed E-state index contributed by atoms with van der Waals surface area (Å²) in [6.45, 7) is 4.45. The van der Waals surface area contributed by atoms with Crippen LogP contribution in [-0.2, 0) is 14.3 Å². The van der Waals surface area contributed by atoms with E-state index >= 15 is 0 Å². The summed E-state index contributed by atoms with van der Waals surface area (Å²) in [5.41, 5.74) is 0. The number of hydrogen-bond donors (Lipinski definition) is 3. The number of hydrogen-bond acceptors (Lipinski definition) is 5. The molecule has 6 nitrogen and oxygen atoms in total. The zero-order chi connectivity index (χ0) is 21.2. The van der Waals surface area contributed by atoms with Gasteiger partial charge in [-0.3, -0.25) is 9.59 Å². The molecule has 6 heteroatoms. The minimum absolute atomic E-state index is 0.343. The molecule has 28 heavy (non-hydrogen) atoms. The van der Waals surface area contributed by atoms with E-state index in [2.05, 4.69) is 12.2 Å². The number of nitrogens with one attached hydrogen (secondary N) is 1. The monoisotopic (exact) mass is 401 g/mol. The van der Waals surface area contributed by atoms with Gasteiger partial charge in [0, 0.05) is 13.8 Å². The van der Waals surface area contributed by atoms with Crippen molar-refractivity contribution in [1.82, 2.24) is 5.32 Å². The lowest BCUT2D eigenvalue weighted by atomic mass is 9.99. The van der Waals surface area contributed by atoms with Crippen molar-refractivity contribution >= 4 is 11.9 Å². The Labute approximate surface area is 171 Å². The van der Waals surface area contributed by atoms with Crippen LogP contribution in [0, 0.1) is 0 Å². The van der Waals surface area contributed by atoms with Gasteiger partial charge in [0.2, 0.25) is 5.91 Å². The summed E-state index contributed by atoms with van der Waals surface area (Å²) >= 11 is 0. The summed E-state index contributed by atoms with van der Waals surface area (Å²) in [5.74, 6) is -0.812. The quantitative estimate of drug-likeness (QED) is 0.239. The Hall–Kier alpha value is -1.14. The SMILES string of the molecule is CCCCCCCCCCCCCC[C@@H](OC(C)=O)[C@@H](O)[C@@H](CO)NC(C)=O. The first-order valence-corrected chi connectivity index (χ1v) is 11.2. The van der Waals surface area contributed by atoms with E-state index in [0.717, 1.165) is 19.3 Å². The minimum atomic E-state index is -1.12. The molecule has 0 aliphatic heterocycles. The summed E-state index contributed by atoms with van der Waals surface area (Å²) in [5, 5.41) is 22.3. The lowest BCUT2D eigenvalue weighted by molar-refractivity contribution is -0.155. The Morgan fingerprint density at radius 2 is 1.32 bits per heavy atom. The molecular formula is C22H43NO5. The first kappa shape index (κ1) is 26.9. The zero-order valence-electron chi connectivity index (χ0n) is 18.3. The highest BCUT2D eigenvalue weighted by Crippen LogP contribution is 2.16. The van der Waals surface area contributed by atoms with Crippen LogP contribution in [-0.4, -0.2) is 46.9 Å². The lowest BCUT2D eigenvalue weighted by Gasteiger charge is -2.28. The van der Waals surface area contributed by atoms with Gasteiger partial charge in [-0.15, -0.1) is 0 Å². The van der Waals surface area contributed by atoms with Crippen molar-refractivity contribution in [3.05, 3.63) is 0 Å². The predicted octanol–water partition coefficient (Wildman–Crippen LogP) is 3.87. The Morgan fingerprint density at radius 1 is 0.857 bits per heavy atom. The van der Waals surface area contributed by atoms with Gasteiger partial charge in [-0.05, 0) is 12.8 Å². The molecule has 0 fully saturated rings. The number of aliphatic hydroxyl groups excluding tert-OH is 2. The van der Waals surface area contributed by atoms with Gasteiger partial charge in [0.1, 0.15) is 12.2 Å². The molecule has 0 radical (unpaired) electrons. The van der Waals surface area contributed by atoms with Crippen LogP contribution in [0.3, 0.4) is 0 Å². The Morgan fingerprint density at radius 3 is 1.71 bits per heavy atom. The second-order valence-corrected chi connectivity index (χ2v) is 7.81. The van der Waals surface area contributed by atoms with Gasteiger partial charge in [-0.25, -0.2) is 0 Å². The van der Waals surface area contributed by atoms with Gasteiger partial charge >= 0.3 is 5.97 Å². The number of amides is 1. The van der Waals surface area contributed by atoms with Crippen molar-refractivity contribution in [3.63, 3.8) is 0 Å². The van der Waals surface area contributed by atoms with E-state index in [4.69, 9.17) is 4.74 Å². The average molecular weight is 402 g/mol. The third-order valence-corrected chi connectivity index (χ3v) is 5.04. The smallest absolute Gasteiger partial charge is 0.302 e. The normalized spacial score (nSPS) is 14.3. The molecule has 0 aliphatic rings. The summed E-state index contributed by atoms with van der Waals surface area (Å²) in [4.78, 5) is 22.5. The van der Waals surface area contributed by atoms with Gasteiger partial charge in [-0.1, -0.05) is 77.6 Å². The van der Waals surface area contributed by atoms with E-state index in [-0.39, 0.29) is 5.91 Å². The molecule has 0 saturated carbocycles. The molecule has 1 amide bonds. The van der Waals surface area contributed by atoms with Crippen molar-refractivity contribution in [3.8, 4) is 0 Å². The lowest BCUT2D eigenvalue weighted by Crippen LogP contribution is -2.51. The molecule has 166 valence electrons. The number of ether oxygens (including phenoxy) is 1. The summed E-state index contributed by atoms with van der Waals surface area (Å²) in [6.07, 6.45) is 13.5. The second kappa shape index (κ2) is 17.9. The number of rotatable bonds is 18. The molecule has 0 unspecified atom stereocenters. The fourth-order valence-corrected chi connectivity index (χ4v) is 3.46. The second-order valence-electron chi connectivity index (χ2n) is 7.81. The number of unbranched alkanes of at least 4 members (excludes halogenated alkanes) is 11. The van der Waals surface area contributed by atoms with Crippen LogP contribution in [0.1, 0.15) is 104 Å². The molecule has 0 aromatic rings. The molecule has 0 aromatic heterocycles. The Kier molecular flexibility index (Phi) is 17.2. The number of aliphatic hydroxyl groups is 2. The van der Waals surface area contributed by atoms with Crippen molar-refractivity contribution in [1.29, 1.82) is 0 Å². The molecule has 3 N–H and O–H groups in total. The standard InChI is InChI=1S/C22H43NO5/c1-4-5-6-7-8-9-10-11-12-13-14-15-16-21(28-19(3)26)22(27)20(17-24)23-18(2)25/h20-22,24,27H,4-17H2,1-3H3,(H,23,25)/t20-,21-,22+/m1/s1. The van der Waals surface area contributed by atoms with E-state index in [1.807, 2.05) is 0 Å². The van der Waals surface area contributed by atoms with Crippen molar-refractivity contribution in [2.45, 2.75) is 122 Å². The van der Waals surface area contributed by atoms with Crippen LogP contribution < -0.4 is 5.32 Å². The largest absolute Gasteiger partial charge is 0.460 e. The predicted molar refractivity (Wildman–Crippen MR) is 112 cm³/mol. The topological polar surface area (TPSA) is 95.9 Å². The maximum atomic E-state index is 11.3. The molecule has 0 spiro atoms. The molecule has 0 aliphatic carbocycles. The third kappa shape index (κ3) is 14.9. The van der Waals surface area contributed by atoms with Gasteiger partial charge in [0.25, 0.3) is 0 Å².